The quantitative estimate of drug-likeness (QED) is 0.619. The fourth-order valence-electron chi connectivity index (χ4n) is 0.819. The summed E-state index contributed by atoms with van der Waals surface area (Å²) in [5, 5.41) is 15.0. The Hall–Kier alpha value is -1.43. The number of aromatic nitrogens is 1. The minimum atomic E-state index is -1.19. The third kappa shape index (κ3) is 2.83. The van der Waals surface area contributed by atoms with Crippen LogP contribution < -0.4 is 15.0 Å². The molecule has 70 valence electrons. The Morgan fingerprint density at radius 3 is 2.92 bits per heavy atom. The van der Waals surface area contributed by atoms with Crippen LogP contribution >= 0.6 is 11.3 Å². The van der Waals surface area contributed by atoms with Crippen molar-refractivity contribution in [3.8, 4) is 0 Å². The van der Waals surface area contributed by atoms with Gasteiger partial charge in [-0.25, -0.2) is 14.7 Å². The van der Waals surface area contributed by atoms with Crippen molar-refractivity contribution >= 4 is 28.3 Å². The number of hydrogen-bond donors (Lipinski definition) is 1. The lowest BCUT2D eigenvalue weighted by Gasteiger charge is -1.99. The van der Waals surface area contributed by atoms with Crippen molar-refractivity contribution in [1.82, 2.24) is 0 Å². The van der Waals surface area contributed by atoms with Gasteiger partial charge in [-0.1, -0.05) is 11.3 Å². The van der Waals surface area contributed by atoms with Gasteiger partial charge in [0, 0.05) is 12.3 Å². The van der Waals surface area contributed by atoms with Crippen LogP contribution in [-0.2, 0) is 16.1 Å². The number of nitrogens with one attached hydrogen (secondary N) is 1. The molecule has 0 aliphatic rings. The minimum absolute atomic E-state index is 0.227. The molecular formula is C7H8N2O3S. The molecular weight excluding hydrogens is 192 g/mol. The van der Waals surface area contributed by atoms with Crippen LogP contribution in [0.15, 0.2) is 11.6 Å². The van der Waals surface area contributed by atoms with Crippen LogP contribution in [0.4, 0.5) is 5.13 Å². The second-order valence-corrected chi connectivity index (χ2v) is 3.28. The first-order valence-electron chi connectivity index (χ1n) is 3.54. The van der Waals surface area contributed by atoms with E-state index in [1.807, 2.05) is 0 Å². The molecule has 0 aliphatic carbocycles. The van der Waals surface area contributed by atoms with Crippen molar-refractivity contribution in [2.75, 3.05) is 5.32 Å². The van der Waals surface area contributed by atoms with E-state index in [2.05, 4.69) is 5.32 Å². The second-order valence-electron chi connectivity index (χ2n) is 2.39. The topological polar surface area (TPSA) is 73.1 Å². The number of rotatable bonds is 3. The van der Waals surface area contributed by atoms with Crippen molar-refractivity contribution in [1.29, 1.82) is 0 Å². The molecule has 13 heavy (non-hydrogen) atoms. The number of carboxylic acid groups (broad SMARTS) is 1. The first kappa shape index (κ1) is 9.66. The van der Waals surface area contributed by atoms with E-state index in [4.69, 9.17) is 0 Å². The number of thiazole rings is 1. The summed E-state index contributed by atoms with van der Waals surface area (Å²) in [5.41, 5.74) is 0. The maximum absolute atomic E-state index is 10.7. The molecule has 0 fully saturated rings. The first-order chi connectivity index (χ1) is 6.09. The maximum atomic E-state index is 10.7. The van der Waals surface area contributed by atoms with Crippen LogP contribution in [0, 0.1) is 0 Å². The highest BCUT2D eigenvalue weighted by atomic mass is 32.1. The average molecular weight is 200 g/mol. The van der Waals surface area contributed by atoms with Gasteiger partial charge >= 0.3 is 11.0 Å². The largest absolute Gasteiger partial charge is 0.546 e. The third-order valence-corrected chi connectivity index (χ3v) is 2.08. The highest BCUT2D eigenvalue weighted by molar-refractivity contribution is 7.13. The Bertz CT molecular complexity index is 304. The minimum Gasteiger partial charge on any atom is -0.546 e. The third-order valence-electron chi connectivity index (χ3n) is 1.26. The van der Waals surface area contributed by atoms with Gasteiger partial charge in [0.25, 0.3) is 0 Å². The Morgan fingerprint density at radius 2 is 2.38 bits per heavy atom. The van der Waals surface area contributed by atoms with Gasteiger partial charge in [-0.05, 0) is 0 Å². The highest BCUT2D eigenvalue weighted by Gasteiger charge is 2.12. The predicted octanol–water partition coefficient (Wildman–Crippen LogP) is -1.26. The summed E-state index contributed by atoms with van der Waals surface area (Å²) in [4.78, 5) is 20.9. The summed E-state index contributed by atoms with van der Waals surface area (Å²) in [6, 6.07) is 0. The normalized spacial score (nSPS) is 9.62. The lowest BCUT2D eigenvalue weighted by atomic mass is 10.6. The molecule has 0 radical (unpaired) electrons. The molecule has 0 bridgehead atoms. The summed E-state index contributed by atoms with van der Waals surface area (Å²) >= 11 is 1.26. The molecule has 0 aromatic carbocycles. The molecule has 5 nitrogen and oxygen atoms in total. The van der Waals surface area contributed by atoms with Gasteiger partial charge in [-0.3, -0.25) is 0 Å². The molecule has 1 amide bonds. The number of amides is 1. The van der Waals surface area contributed by atoms with Gasteiger partial charge in [0.2, 0.25) is 0 Å². The number of hydrogen-bond acceptors (Lipinski definition) is 4. The van der Waals surface area contributed by atoms with Crippen molar-refractivity contribution in [2.24, 2.45) is 0 Å². The van der Waals surface area contributed by atoms with E-state index < -0.39 is 5.97 Å². The summed E-state index contributed by atoms with van der Waals surface area (Å²) in [6.07, 6.45) is 1.58. The number of anilines is 1. The van der Waals surface area contributed by atoms with E-state index in [1.54, 1.807) is 11.6 Å². The number of carbonyl (C=O) groups is 2. The van der Waals surface area contributed by atoms with E-state index >= 15 is 0 Å². The number of carbonyl (C=O) groups excluding carboxylic acids is 2. The smallest absolute Gasteiger partial charge is 0.341 e. The molecule has 6 heteroatoms. The van der Waals surface area contributed by atoms with E-state index in [1.165, 1.54) is 22.8 Å². The van der Waals surface area contributed by atoms with E-state index in [0.29, 0.717) is 5.13 Å². The van der Waals surface area contributed by atoms with E-state index in [0.717, 1.165) is 0 Å². The maximum Gasteiger partial charge on any atom is 0.341 e. The van der Waals surface area contributed by atoms with Gasteiger partial charge in [0.05, 0.1) is 5.97 Å². The molecule has 1 aromatic rings. The Kier molecular flexibility index (Phi) is 2.97. The molecule has 1 aromatic heterocycles. The molecule has 0 saturated heterocycles. The summed E-state index contributed by atoms with van der Waals surface area (Å²) < 4.78 is 1.40. The van der Waals surface area contributed by atoms with Gasteiger partial charge in [-0.15, -0.1) is 0 Å². The molecule has 1 heterocycles. The van der Waals surface area contributed by atoms with Gasteiger partial charge < -0.3 is 9.90 Å². The zero-order valence-corrected chi connectivity index (χ0v) is 7.76. The van der Waals surface area contributed by atoms with Crippen LogP contribution in [-0.4, -0.2) is 11.9 Å². The Morgan fingerprint density at radius 1 is 1.69 bits per heavy atom. The number of aliphatic carboxylic acids is 1. The van der Waals surface area contributed by atoms with E-state index in [9.17, 15) is 14.7 Å². The lowest BCUT2D eigenvalue weighted by molar-refractivity contribution is -0.672. The van der Waals surface area contributed by atoms with Crippen LogP contribution in [0.3, 0.4) is 0 Å². The van der Waals surface area contributed by atoms with Crippen molar-refractivity contribution in [2.45, 2.75) is 13.5 Å². The monoisotopic (exact) mass is 200 g/mol. The average Bonchev–Trinajstić information content (AvgIpc) is 2.34. The summed E-state index contributed by atoms with van der Waals surface area (Å²) in [5.74, 6) is -1.41. The second kappa shape index (κ2) is 3.99. The molecule has 0 spiro atoms. The summed E-state index contributed by atoms with van der Waals surface area (Å²) in [6.45, 7) is 1.11. The fraction of sp³-hybridized carbons (Fsp3) is 0.286. The van der Waals surface area contributed by atoms with Gasteiger partial charge in [0.1, 0.15) is 12.7 Å². The zero-order chi connectivity index (χ0) is 9.84. The Labute approximate surface area is 78.6 Å². The molecule has 1 rings (SSSR count). The lowest BCUT2D eigenvalue weighted by Crippen LogP contribution is -2.44. The van der Waals surface area contributed by atoms with Gasteiger partial charge in [-0.2, -0.15) is 0 Å². The Balaban J connectivity index is 2.76. The van der Waals surface area contributed by atoms with Crippen LogP contribution in [0.1, 0.15) is 6.92 Å². The van der Waals surface area contributed by atoms with Crippen LogP contribution in [0.25, 0.3) is 0 Å². The molecule has 0 atom stereocenters. The highest BCUT2D eigenvalue weighted by Crippen LogP contribution is 2.07. The fourth-order valence-corrected chi connectivity index (χ4v) is 1.62. The predicted molar refractivity (Wildman–Crippen MR) is 43.8 cm³/mol. The SMILES string of the molecule is CC(=O)Nc1scc[n+]1CC(=O)[O-]. The number of nitrogens with zero attached hydrogens (tertiary/aromatic N) is 1. The van der Waals surface area contributed by atoms with Crippen LogP contribution in [0.2, 0.25) is 0 Å². The summed E-state index contributed by atoms with van der Waals surface area (Å²) in [7, 11) is 0. The standard InChI is InChI=1S/C7H8N2O3S/c1-5(10)8-7-9(2-3-13-7)4-6(11)12/h2-3H,4H2,1H3,(H,11,12). The number of carboxylic acids is 1. The molecule has 1 N–H and O–H groups in total. The van der Waals surface area contributed by atoms with E-state index in [-0.39, 0.29) is 12.5 Å². The molecule has 0 unspecified atom stereocenters. The van der Waals surface area contributed by atoms with Gasteiger partial charge in [0.15, 0.2) is 0 Å². The molecule has 0 aliphatic heterocycles. The van der Waals surface area contributed by atoms with Crippen LogP contribution in [0.5, 0.6) is 0 Å². The van der Waals surface area contributed by atoms with Crippen molar-refractivity contribution < 1.29 is 19.3 Å². The zero-order valence-electron chi connectivity index (χ0n) is 6.94. The van der Waals surface area contributed by atoms with Crippen molar-refractivity contribution in [3.05, 3.63) is 11.6 Å². The van der Waals surface area contributed by atoms with Crippen molar-refractivity contribution in [3.63, 3.8) is 0 Å². The molecule has 0 saturated carbocycles. The first-order valence-corrected chi connectivity index (χ1v) is 4.42.